The molecule has 0 radical (unpaired) electrons. The van der Waals surface area contributed by atoms with Gasteiger partial charge in [-0.05, 0) is 101 Å². The second-order valence-corrected chi connectivity index (χ2v) is 14.8. The fourth-order valence-corrected chi connectivity index (χ4v) is 9.29. The summed E-state index contributed by atoms with van der Waals surface area (Å²) in [7, 11) is 0. The number of para-hydroxylation sites is 1. The van der Waals surface area contributed by atoms with Crippen molar-refractivity contribution in [2.75, 3.05) is 0 Å². The van der Waals surface area contributed by atoms with E-state index in [1.165, 1.54) is 93.3 Å². The third-order valence-electron chi connectivity index (χ3n) is 11.6. The zero-order chi connectivity index (χ0) is 34.6. The van der Waals surface area contributed by atoms with E-state index in [4.69, 9.17) is 4.42 Å². The van der Waals surface area contributed by atoms with E-state index in [1.54, 1.807) is 0 Å². The molecule has 0 saturated heterocycles. The molecule has 1 heteroatoms. The molecule has 0 fully saturated rings. The number of furan rings is 1. The first-order valence-corrected chi connectivity index (χ1v) is 18.2. The molecule has 11 rings (SSSR count). The van der Waals surface area contributed by atoms with Crippen LogP contribution in [0.15, 0.2) is 174 Å². The van der Waals surface area contributed by atoms with Crippen LogP contribution in [0, 0.1) is 0 Å². The maximum absolute atomic E-state index is 6.77. The molecule has 0 aliphatic heterocycles. The summed E-state index contributed by atoms with van der Waals surface area (Å²) in [6, 6.07) is 62.3. The molecule has 0 spiro atoms. The molecule has 244 valence electrons. The molecule has 1 aliphatic carbocycles. The summed E-state index contributed by atoms with van der Waals surface area (Å²) in [4.78, 5) is 0. The van der Waals surface area contributed by atoms with Crippen LogP contribution in [-0.2, 0) is 5.41 Å². The average Bonchev–Trinajstić information content (AvgIpc) is 3.68. The van der Waals surface area contributed by atoms with E-state index >= 15 is 0 Å². The molecule has 10 aromatic rings. The Balaban J connectivity index is 1.15. The van der Waals surface area contributed by atoms with Gasteiger partial charge in [-0.15, -0.1) is 0 Å². The van der Waals surface area contributed by atoms with Crippen LogP contribution in [0.1, 0.15) is 25.0 Å². The second kappa shape index (κ2) is 10.8. The molecule has 1 aromatic heterocycles. The van der Waals surface area contributed by atoms with Crippen LogP contribution in [-0.4, -0.2) is 0 Å². The van der Waals surface area contributed by atoms with Crippen molar-refractivity contribution in [1.82, 2.24) is 0 Å². The first kappa shape index (κ1) is 29.3. The van der Waals surface area contributed by atoms with Crippen molar-refractivity contribution in [3.05, 3.63) is 181 Å². The van der Waals surface area contributed by atoms with Crippen LogP contribution in [0.3, 0.4) is 0 Å². The van der Waals surface area contributed by atoms with Gasteiger partial charge >= 0.3 is 0 Å². The Bertz CT molecular complexity index is 3030. The molecule has 52 heavy (non-hydrogen) atoms. The van der Waals surface area contributed by atoms with E-state index in [-0.39, 0.29) is 5.41 Å². The van der Waals surface area contributed by atoms with Crippen LogP contribution < -0.4 is 0 Å². The van der Waals surface area contributed by atoms with Crippen molar-refractivity contribution in [2.24, 2.45) is 0 Å². The molecule has 0 N–H and O–H groups in total. The Labute approximate surface area is 302 Å². The SMILES string of the molecule is CC1(C)c2ccccc2-c2cc3c(oc4ccccc43)c(-c3ccc(-c4c5ccccc5c(-c5ccc6ccccc6c5)c5ccccc45)cc3)c21. The van der Waals surface area contributed by atoms with Crippen LogP contribution in [0.4, 0.5) is 0 Å². The van der Waals surface area contributed by atoms with E-state index in [0.29, 0.717) is 0 Å². The quantitative estimate of drug-likeness (QED) is 0.172. The molecule has 9 aromatic carbocycles. The highest BCUT2D eigenvalue weighted by molar-refractivity contribution is 6.22. The fourth-order valence-electron chi connectivity index (χ4n) is 9.29. The van der Waals surface area contributed by atoms with Crippen LogP contribution >= 0.6 is 0 Å². The zero-order valence-electron chi connectivity index (χ0n) is 29.1. The maximum Gasteiger partial charge on any atom is 0.143 e. The highest BCUT2D eigenvalue weighted by atomic mass is 16.3. The molecule has 1 aliphatic rings. The van der Waals surface area contributed by atoms with Gasteiger partial charge in [0.05, 0.1) is 0 Å². The number of fused-ring (bicyclic) bond motifs is 9. The normalized spacial score (nSPS) is 13.3. The lowest BCUT2D eigenvalue weighted by molar-refractivity contribution is 0.650. The van der Waals surface area contributed by atoms with Gasteiger partial charge in [0, 0.05) is 21.8 Å². The molecular weight excluding hydrogens is 629 g/mol. The van der Waals surface area contributed by atoms with Gasteiger partial charge < -0.3 is 4.42 Å². The number of benzene rings is 9. The van der Waals surface area contributed by atoms with Crippen molar-refractivity contribution in [2.45, 2.75) is 19.3 Å². The Morgan fingerprint density at radius 1 is 0.385 bits per heavy atom. The molecule has 0 bridgehead atoms. The topological polar surface area (TPSA) is 13.1 Å². The van der Waals surface area contributed by atoms with Gasteiger partial charge in [-0.25, -0.2) is 0 Å². The lowest BCUT2D eigenvalue weighted by Gasteiger charge is -2.25. The van der Waals surface area contributed by atoms with Crippen molar-refractivity contribution < 1.29 is 4.42 Å². The summed E-state index contributed by atoms with van der Waals surface area (Å²) < 4.78 is 6.77. The van der Waals surface area contributed by atoms with Crippen molar-refractivity contribution >= 4 is 54.3 Å². The third-order valence-corrected chi connectivity index (χ3v) is 11.6. The molecule has 0 amide bonds. The van der Waals surface area contributed by atoms with Crippen molar-refractivity contribution in [1.29, 1.82) is 0 Å². The van der Waals surface area contributed by atoms with Crippen molar-refractivity contribution in [3.8, 4) is 44.5 Å². The average molecular weight is 663 g/mol. The minimum Gasteiger partial charge on any atom is -0.455 e. The molecule has 1 nitrogen and oxygen atoms in total. The van der Waals surface area contributed by atoms with E-state index in [0.717, 1.165) is 16.6 Å². The maximum atomic E-state index is 6.77. The predicted molar refractivity (Wildman–Crippen MR) is 220 cm³/mol. The fraction of sp³-hybridized carbons (Fsp3) is 0.0588. The standard InChI is InChI=1S/C51H34O/c1-51(2)44-21-11-9-15-36(44)42-30-43-37-16-10-12-22-45(37)52-50(43)48(49(42)51)33-26-24-32(25-27-33)46-38-17-5-7-19-40(38)47(41-20-8-6-18-39(41)46)35-28-23-31-13-3-4-14-34(31)29-35/h3-30H,1-2H3. The molecule has 1 heterocycles. The Morgan fingerprint density at radius 2 is 0.904 bits per heavy atom. The summed E-state index contributed by atoms with van der Waals surface area (Å²) in [6.07, 6.45) is 0. The largest absolute Gasteiger partial charge is 0.455 e. The first-order valence-electron chi connectivity index (χ1n) is 18.2. The highest BCUT2D eigenvalue weighted by Crippen LogP contribution is 2.55. The van der Waals surface area contributed by atoms with Crippen LogP contribution in [0.5, 0.6) is 0 Å². The monoisotopic (exact) mass is 662 g/mol. The summed E-state index contributed by atoms with van der Waals surface area (Å²) >= 11 is 0. The van der Waals surface area contributed by atoms with Gasteiger partial charge in [-0.2, -0.15) is 0 Å². The lowest BCUT2D eigenvalue weighted by Crippen LogP contribution is -2.16. The van der Waals surface area contributed by atoms with Gasteiger partial charge in [0.1, 0.15) is 11.2 Å². The predicted octanol–water partition coefficient (Wildman–Crippen LogP) is 14.4. The number of hydrogen-bond acceptors (Lipinski definition) is 1. The van der Waals surface area contributed by atoms with Crippen LogP contribution in [0.2, 0.25) is 0 Å². The van der Waals surface area contributed by atoms with E-state index in [2.05, 4.69) is 184 Å². The molecule has 0 atom stereocenters. The Morgan fingerprint density at radius 3 is 1.60 bits per heavy atom. The number of hydrogen-bond donors (Lipinski definition) is 0. The van der Waals surface area contributed by atoms with Gasteiger partial charge in [-0.1, -0.05) is 166 Å². The van der Waals surface area contributed by atoms with Gasteiger partial charge in [0.15, 0.2) is 0 Å². The van der Waals surface area contributed by atoms with Gasteiger partial charge in [0.2, 0.25) is 0 Å². The zero-order valence-corrected chi connectivity index (χ0v) is 29.1. The summed E-state index contributed by atoms with van der Waals surface area (Å²) in [5, 5.41) is 9.88. The van der Waals surface area contributed by atoms with E-state index in [1.807, 2.05) is 0 Å². The highest BCUT2D eigenvalue weighted by Gasteiger charge is 2.39. The molecule has 0 saturated carbocycles. The summed E-state index contributed by atoms with van der Waals surface area (Å²) in [5.41, 5.74) is 14.4. The second-order valence-electron chi connectivity index (χ2n) is 14.8. The van der Waals surface area contributed by atoms with E-state index in [9.17, 15) is 0 Å². The first-order chi connectivity index (χ1) is 25.6. The van der Waals surface area contributed by atoms with Crippen LogP contribution in [0.25, 0.3) is 98.8 Å². The van der Waals surface area contributed by atoms with Gasteiger partial charge in [-0.3, -0.25) is 0 Å². The summed E-state index contributed by atoms with van der Waals surface area (Å²) in [5.74, 6) is 0. The smallest absolute Gasteiger partial charge is 0.143 e. The molecular formula is C51H34O. The van der Waals surface area contributed by atoms with Crippen molar-refractivity contribution in [3.63, 3.8) is 0 Å². The molecule has 0 unspecified atom stereocenters. The Kier molecular flexibility index (Phi) is 6.08. The third kappa shape index (κ3) is 4.05. The number of rotatable bonds is 3. The lowest BCUT2D eigenvalue weighted by atomic mass is 9.78. The summed E-state index contributed by atoms with van der Waals surface area (Å²) in [6.45, 7) is 4.72. The Hall–Kier alpha value is -6.44. The van der Waals surface area contributed by atoms with E-state index < -0.39 is 0 Å². The minimum absolute atomic E-state index is 0.182. The minimum atomic E-state index is -0.182. The van der Waals surface area contributed by atoms with Gasteiger partial charge in [0.25, 0.3) is 0 Å².